The SMILES string of the molecule is COc1cccc(-c2cc(=O)n(C)c3ncc([C@](N)(c4ccc(Cl)cc4)c4cncn4C)cc23)c1. The summed E-state index contributed by atoms with van der Waals surface area (Å²) in [6.07, 6.45) is 5.19. The number of hydrogen-bond donors (Lipinski definition) is 1. The zero-order chi connectivity index (χ0) is 24.7. The number of methoxy groups -OCH3 is 1. The third-order valence-electron chi connectivity index (χ3n) is 6.43. The molecular weight excluding hydrogens is 462 g/mol. The average molecular weight is 486 g/mol. The van der Waals surface area contributed by atoms with E-state index < -0.39 is 5.54 Å². The first-order valence-electron chi connectivity index (χ1n) is 11.0. The second-order valence-corrected chi connectivity index (χ2v) is 8.92. The van der Waals surface area contributed by atoms with Crippen LogP contribution >= 0.6 is 11.6 Å². The van der Waals surface area contributed by atoms with E-state index in [1.54, 1.807) is 38.9 Å². The molecule has 0 spiro atoms. The van der Waals surface area contributed by atoms with Gasteiger partial charge in [-0.25, -0.2) is 9.97 Å². The molecule has 3 heterocycles. The Kier molecular flexibility index (Phi) is 5.67. The van der Waals surface area contributed by atoms with Gasteiger partial charge < -0.3 is 15.0 Å². The number of benzene rings is 2. The van der Waals surface area contributed by atoms with E-state index in [1.165, 1.54) is 4.57 Å². The summed E-state index contributed by atoms with van der Waals surface area (Å²) >= 11 is 6.17. The monoisotopic (exact) mass is 485 g/mol. The second kappa shape index (κ2) is 8.69. The average Bonchev–Trinajstić information content (AvgIpc) is 3.32. The zero-order valence-electron chi connectivity index (χ0n) is 19.6. The van der Waals surface area contributed by atoms with Crippen molar-refractivity contribution in [3.8, 4) is 16.9 Å². The molecule has 35 heavy (non-hydrogen) atoms. The molecule has 2 aromatic carbocycles. The normalized spacial score (nSPS) is 13.1. The molecule has 8 heteroatoms. The lowest BCUT2D eigenvalue weighted by atomic mass is 9.81. The maximum Gasteiger partial charge on any atom is 0.252 e. The number of nitrogens with zero attached hydrogens (tertiary/aromatic N) is 4. The minimum atomic E-state index is -1.07. The fourth-order valence-corrected chi connectivity index (χ4v) is 4.61. The van der Waals surface area contributed by atoms with Gasteiger partial charge in [-0.2, -0.15) is 0 Å². The van der Waals surface area contributed by atoms with Crippen molar-refractivity contribution in [2.75, 3.05) is 7.11 Å². The number of nitrogens with two attached hydrogens (primary N) is 1. The van der Waals surface area contributed by atoms with E-state index in [1.807, 2.05) is 66.2 Å². The van der Waals surface area contributed by atoms with Gasteiger partial charge >= 0.3 is 0 Å². The van der Waals surface area contributed by atoms with Gasteiger partial charge in [0.2, 0.25) is 0 Å². The van der Waals surface area contributed by atoms with Crippen LogP contribution in [0.5, 0.6) is 5.75 Å². The van der Waals surface area contributed by atoms with E-state index in [9.17, 15) is 4.79 Å². The Hall–Kier alpha value is -3.94. The van der Waals surface area contributed by atoms with E-state index >= 15 is 0 Å². The molecule has 3 aromatic heterocycles. The highest BCUT2D eigenvalue weighted by Gasteiger charge is 2.35. The predicted octanol–water partition coefficient (Wildman–Crippen LogP) is 4.25. The lowest BCUT2D eigenvalue weighted by Crippen LogP contribution is -2.41. The number of rotatable bonds is 5. The van der Waals surface area contributed by atoms with Crippen molar-refractivity contribution in [1.29, 1.82) is 0 Å². The summed E-state index contributed by atoms with van der Waals surface area (Å²) < 4.78 is 8.84. The molecule has 2 N–H and O–H groups in total. The highest BCUT2D eigenvalue weighted by molar-refractivity contribution is 6.30. The molecule has 5 rings (SSSR count). The molecule has 0 saturated heterocycles. The van der Waals surface area contributed by atoms with Gasteiger partial charge in [-0.05, 0) is 47.0 Å². The minimum Gasteiger partial charge on any atom is -0.497 e. The lowest BCUT2D eigenvalue weighted by molar-refractivity contribution is 0.415. The maximum absolute atomic E-state index is 12.8. The van der Waals surface area contributed by atoms with E-state index in [0.29, 0.717) is 16.4 Å². The number of fused-ring (bicyclic) bond motifs is 1. The number of aromatic nitrogens is 4. The number of halogens is 1. The highest BCUT2D eigenvalue weighted by atomic mass is 35.5. The lowest BCUT2D eigenvalue weighted by Gasteiger charge is -2.31. The molecule has 0 amide bonds. The summed E-state index contributed by atoms with van der Waals surface area (Å²) in [6.45, 7) is 0. The molecule has 7 nitrogen and oxygen atoms in total. The molecule has 1 atom stereocenters. The number of pyridine rings is 2. The molecule has 5 aromatic rings. The van der Waals surface area contributed by atoms with E-state index in [0.717, 1.165) is 33.3 Å². The van der Waals surface area contributed by atoms with Crippen LogP contribution in [0.2, 0.25) is 5.02 Å². The van der Waals surface area contributed by atoms with Gasteiger partial charge in [-0.15, -0.1) is 0 Å². The van der Waals surface area contributed by atoms with Crippen molar-refractivity contribution < 1.29 is 4.74 Å². The Morgan fingerprint density at radius 1 is 1.00 bits per heavy atom. The molecule has 0 aliphatic heterocycles. The summed E-state index contributed by atoms with van der Waals surface area (Å²) in [5.74, 6) is 0.699. The van der Waals surface area contributed by atoms with Crippen LogP contribution in [-0.2, 0) is 19.6 Å². The standard InChI is InChI=1S/C27H24ClN5O2/c1-32-16-30-15-24(32)27(29,18-7-9-20(28)10-8-18)19-12-23-22(17-5-4-6-21(11-17)35-3)13-25(34)33(2)26(23)31-14-19/h4-16H,29H2,1-3H3/t27-/m1/s1. The van der Waals surface area contributed by atoms with E-state index in [-0.39, 0.29) is 5.56 Å². The van der Waals surface area contributed by atoms with Gasteiger partial charge in [0.15, 0.2) is 0 Å². The van der Waals surface area contributed by atoms with Gasteiger partial charge in [-0.1, -0.05) is 35.9 Å². The fraction of sp³-hybridized carbons (Fsp3) is 0.148. The van der Waals surface area contributed by atoms with E-state index in [4.69, 9.17) is 27.1 Å². The van der Waals surface area contributed by atoms with Crippen molar-refractivity contribution in [3.05, 3.63) is 112 Å². The molecule has 0 fully saturated rings. The quantitative estimate of drug-likeness (QED) is 0.402. The highest BCUT2D eigenvalue weighted by Crippen LogP contribution is 2.37. The molecular formula is C27H24ClN5O2. The first kappa shape index (κ1) is 22.8. The Bertz CT molecular complexity index is 1610. The van der Waals surface area contributed by atoms with Crippen LogP contribution in [0, 0.1) is 0 Å². The van der Waals surface area contributed by atoms with Crippen LogP contribution in [-0.4, -0.2) is 26.2 Å². The molecule has 0 unspecified atom stereocenters. The number of aryl methyl sites for hydroxylation is 2. The second-order valence-electron chi connectivity index (χ2n) is 8.49. The third kappa shape index (κ3) is 3.79. The summed E-state index contributed by atoms with van der Waals surface area (Å²) in [6, 6.07) is 18.7. The van der Waals surface area contributed by atoms with Crippen molar-refractivity contribution in [1.82, 2.24) is 19.1 Å². The van der Waals surface area contributed by atoms with Gasteiger partial charge in [0, 0.05) is 42.3 Å². The van der Waals surface area contributed by atoms with Crippen LogP contribution in [0.1, 0.15) is 16.8 Å². The first-order valence-corrected chi connectivity index (χ1v) is 11.4. The topological polar surface area (TPSA) is 88.0 Å². The van der Waals surface area contributed by atoms with Crippen LogP contribution in [0.25, 0.3) is 22.2 Å². The Morgan fingerprint density at radius 2 is 1.77 bits per heavy atom. The first-order chi connectivity index (χ1) is 16.8. The van der Waals surface area contributed by atoms with Crippen molar-refractivity contribution in [2.45, 2.75) is 5.54 Å². The van der Waals surface area contributed by atoms with Crippen LogP contribution in [0.15, 0.2) is 84.2 Å². The van der Waals surface area contributed by atoms with Gasteiger partial charge in [-0.3, -0.25) is 9.36 Å². The molecule has 0 radical (unpaired) electrons. The molecule has 0 aliphatic carbocycles. The predicted molar refractivity (Wildman–Crippen MR) is 138 cm³/mol. The maximum atomic E-state index is 12.8. The van der Waals surface area contributed by atoms with Crippen LogP contribution in [0.3, 0.4) is 0 Å². The Morgan fingerprint density at radius 3 is 2.46 bits per heavy atom. The molecule has 0 bridgehead atoms. The zero-order valence-corrected chi connectivity index (χ0v) is 20.3. The fourth-order valence-electron chi connectivity index (χ4n) is 4.48. The summed E-state index contributed by atoms with van der Waals surface area (Å²) in [5.41, 5.74) is 10.5. The molecule has 0 saturated carbocycles. The number of hydrogen-bond acceptors (Lipinski definition) is 5. The number of imidazole rings is 1. The van der Waals surface area contributed by atoms with E-state index in [2.05, 4.69) is 4.98 Å². The largest absolute Gasteiger partial charge is 0.497 e. The van der Waals surface area contributed by atoms with Gasteiger partial charge in [0.05, 0.1) is 25.3 Å². The molecule has 176 valence electrons. The van der Waals surface area contributed by atoms with Crippen LogP contribution < -0.4 is 16.0 Å². The Balaban J connectivity index is 1.83. The smallest absolute Gasteiger partial charge is 0.252 e. The summed E-state index contributed by atoms with van der Waals surface area (Å²) in [7, 11) is 5.23. The number of ether oxygens (including phenoxy) is 1. The van der Waals surface area contributed by atoms with Crippen molar-refractivity contribution in [2.24, 2.45) is 19.8 Å². The Labute approximate surface area is 207 Å². The third-order valence-corrected chi connectivity index (χ3v) is 6.68. The van der Waals surface area contributed by atoms with Crippen LogP contribution in [0.4, 0.5) is 0 Å². The summed E-state index contributed by atoms with van der Waals surface area (Å²) in [4.78, 5) is 21.8. The molecule has 0 aliphatic rings. The van der Waals surface area contributed by atoms with Gasteiger partial charge in [0.1, 0.15) is 16.9 Å². The van der Waals surface area contributed by atoms with Gasteiger partial charge in [0.25, 0.3) is 5.56 Å². The van der Waals surface area contributed by atoms with Crippen molar-refractivity contribution >= 4 is 22.6 Å². The van der Waals surface area contributed by atoms with Crippen molar-refractivity contribution in [3.63, 3.8) is 0 Å². The summed E-state index contributed by atoms with van der Waals surface area (Å²) in [5, 5.41) is 1.41. The minimum absolute atomic E-state index is 0.154.